The van der Waals surface area contributed by atoms with E-state index in [1.54, 1.807) is 0 Å². The fourth-order valence-corrected chi connectivity index (χ4v) is 1.70. The van der Waals surface area contributed by atoms with Crippen LogP contribution in [0.1, 0.15) is 19.3 Å². The van der Waals surface area contributed by atoms with Crippen molar-refractivity contribution in [2.24, 2.45) is 5.92 Å². The maximum Gasteiger partial charge on any atom is 0.154 e. The number of rotatable bonds is 4. The lowest BCUT2D eigenvalue weighted by Gasteiger charge is -1.95. The highest BCUT2D eigenvalue weighted by Gasteiger charge is 2.25. The van der Waals surface area contributed by atoms with Crippen molar-refractivity contribution < 1.29 is 13.2 Å². The lowest BCUT2D eigenvalue weighted by molar-refractivity contribution is -0.117. The molecule has 0 saturated heterocycles. The van der Waals surface area contributed by atoms with Gasteiger partial charge in [0.05, 0.1) is 0 Å². The van der Waals surface area contributed by atoms with Gasteiger partial charge in [0.15, 0.2) is 9.84 Å². The van der Waals surface area contributed by atoms with Crippen LogP contribution in [0.4, 0.5) is 0 Å². The Morgan fingerprint density at radius 3 is 2.36 bits per heavy atom. The Kier molecular flexibility index (Phi) is 2.32. The highest BCUT2D eigenvalue weighted by molar-refractivity contribution is 7.91. The molecule has 0 atom stereocenters. The Balaban J connectivity index is 2.30. The van der Waals surface area contributed by atoms with E-state index in [1.807, 2.05) is 0 Å². The molecule has 3 nitrogen and oxygen atoms in total. The van der Waals surface area contributed by atoms with Crippen molar-refractivity contribution in [1.82, 2.24) is 0 Å². The SMILES string of the molecule is CS(=O)(=O)CC(=O)CC1CC1. The van der Waals surface area contributed by atoms with Gasteiger partial charge >= 0.3 is 0 Å². The van der Waals surface area contributed by atoms with E-state index in [0.717, 1.165) is 19.1 Å². The minimum Gasteiger partial charge on any atom is -0.299 e. The standard InChI is InChI=1S/C7H12O3S/c1-11(9,10)5-7(8)4-6-2-3-6/h6H,2-5H2,1H3. The van der Waals surface area contributed by atoms with Crippen LogP contribution in [-0.2, 0) is 14.6 Å². The molecule has 0 aliphatic heterocycles. The highest BCUT2D eigenvalue weighted by Crippen LogP contribution is 2.32. The molecule has 0 spiro atoms. The summed E-state index contributed by atoms with van der Waals surface area (Å²) in [6.07, 6.45) is 3.75. The van der Waals surface area contributed by atoms with E-state index in [0.29, 0.717) is 12.3 Å². The molecule has 0 aromatic rings. The molecular formula is C7H12O3S. The minimum absolute atomic E-state index is 0.130. The molecule has 64 valence electrons. The highest BCUT2D eigenvalue weighted by atomic mass is 32.2. The fourth-order valence-electron chi connectivity index (χ4n) is 0.995. The monoisotopic (exact) mass is 176 g/mol. The van der Waals surface area contributed by atoms with Gasteiger partial charge in [-0.25, -0.2) is 8.42 Å². The number of carbonyl (C=O) groups is 1. The van der Waals surface area contributed by atoms with Gasteiger partial charge in [-0.2, -0.15) is 0 Å². The molecule has 0 amide bonds. The summed E-state index contributed by atoms with van der Waals surface area (Å²) in [6.45, 7) is 0. The summed E-state index contributed by atoms with van der Waals surface area (Å²) in [4.78, 5) is 10.9. The predicted molar refractivity (Wildman–Crippen MR) is 42.1 cm³/mol. The maximum absolute atomic E-state index is 10.9. The van der Waals surface area contributed by atoms with E-state index < -0.39 is 9.84 Å². The zero-order valence-corrected chi connectivity index (χ0v) is 7.36. The quantitative estimate of drug-likeness (QED) is 0.623. The van der Waals surface area contributed by atoms with E-state index in [-0.39, 0.29) is 11.5 Å². The second-order valence-electron chi connectivity index (χ2n) is 3.26. The van der Waals surface area contributed by atoms with Crippen LogP contribution in [-0.4, -0.2) is 26.2 Å². The van der Waals surface area contributed by atoms with Crippen molar-refractivity contribution in [1.29, 1.82) is 0 Å². The first-order valence-corrected chi connectivity index (χ1v) is 5.73. The molecule has 0 aromatic carbocycles. The van der Waals surface area contributed by atoms with Crippen LogP contribution in [0.3, 0.4) is 0 Å². The first-order chi connectivity index (χ1) is 4.97. The van der Waals surface area contributed by atoms with Crippen LogP contribution in [0, 0.1) is 5.92 Å². The lowest BCUT2D eigenvalue weighted by Crippen LogP contribution is -2.14. The summed E-state index contributed by atoms with van der Waals surface area (Å²) >= 11 is 0. The van der Waals surface area contributed by atoms with Gasteiger partial charge in [0.1, 0.15) is 11.5 Å². The summed E-state index contributed by atoms with van der Waals surface area (Å²) in [5, 5.41) is 0. The van der Waals surface area contributed by atoms with Crippen LogP contribution in [0.25, 0.3) is 0 Å². The molecule has 1 saturated carbocycles. The van der Waals surface area contributed by atoms with Crippen LogP contribution in [0.5, 0.6) is 0 Å². The Labute approximate surface area is 66.7 Å². The summed E-state index contributed by atoms with van der Waals surface area (Å²) in [6, 6.07) is 0. The normalized spacial score (nSPS) is 18.3. The molecule has 0 bridgehead atoms. The molecule has 0 unspecified atom stereocenters. The van der Waals surface area contributed by atoms with Crippen LogP contribution in [0.15, 0.2) is 0 Å². The molecule has 11 heavy (non-hydrogen) atoms. The van der Waals surface area contributed by atoms with Gasteiger partial charge in [-0.3, -0.25) is 4.79 Å². The van der Waals surface area contributed by atoms with E-state index in [1.165, 1.54) is 0 Å². The molecule has 1 rings (SSSR count). The van der Waals surface area contributed by atoms with Crippen molar-refractivity contribution in [3.63, 3.8) is 0 Å². The molecule has 0 radical (unpaired) electrons. The molecule has 4 heteroatoms. The first-order valence-electron chi connectivity index (χ1n) is 3.67. The second kappa shape index (κ2) is 2.93. The second-order valence-corrected chi connectivity index (χ2v) is 5.40. The predicted octanol–water partition coefficient (Wildman–Crippen LogP) is 0.400. The molecule has 1 aliphatic carbocycles. The Morgan fingerprint density at radius 1 is 1.45 bits per heavy atom. The van der Waals surface area contributed by atoms with E-state index in [9.17, 15) is 13.2 Å². The zero-order chi connectivity index (χ0) is 8.48. The van der Waals surface area contributed by atoms with E-state index in [4.69, 9.17) is 0 Å². The van der Waals surface area contributed by atoms with Gasteiger partial charge in [0.25, 0.3) is 0 Å². The number of ketones is 1. The van der Waals surface area contributed by atoms with Crippen LogP contribution >= 0.6 is 0 Å². The van der Waals surface area contributed by atoms with Crippen molar-refractivity contribution in [2.45, 2.75) is 19.3 Å². The van der Waals surface area contributed by atoms with Gasteiger partial charge in [-0.05, 0) is 18.8 Å². The van der Waals surface area contributed by atoms with Gasteiger partial charge in [-0.1, -0.05) is 0 Å². The molecule has 1 aliphatic rings. The average Bonchev–Trinajstić information content (AvgIpc) is 2.42. The van der Waals surface area contributed by atoms with Gasteiger partial charge in [0.2, 0.25) is 0 Å². The zero-order valence-electron chi connectivity index (χ0n) is 6.54. The number of hydrogen-bond donors (Lipinski definition) is 0. The third-order valence-corrected chi connectivity index (χ3v) is 2.48. The summed E-state index contributed by atoms with van der Waals surface area (Å²) in [5.74, 6) is 0.0861. The maximum atomic E-state index is 10.9. The summed E-state index contributed by atoms with van der Waals surface area (Å²) in [7, 11) is -3.09. The van der Waals surface area contributed by atoms with Gasteiger partial charge in [-0.15, -0.1) is 0 Å². The molecule has 0 aromatic heterocycles. The van der Waals surface area contributed by atoms with Gasteiger partial charge < -0.3 is 0 Å². The Morgan fingerprint density at radius 2 is 2.00 bits per heavy atom. The van der Waals surface area contributed by atoms with E-state index in [2.05, 4.69) is 0 Å². The summed E-state index contributed by atoms with van der Waals surface area (Å²) < 4.78 is 21.2. The van der Waals surface area contributed by atoms with Crippen molar-refractivity contribution in [3.05, 3.63) is 0 Å². The molecule has 0 heterocycles. The average molecular weight is 176 g/mol. The summed E-state index contributed by atoms with van der Waals surface area (Å²) in [5.41, 5.74) is 0. The number of sulfone groups is 1. The van der Waals surface area contributed by atoms with Crippen LogP contribution in [0.2, 0.25) is 0 Å². The van der Waals surface area contributed by atoms with Crippen molar-refractivity contribution in [3.8, 4) is 0 Å². The minimum atomic E-state index is -3.09. The number of hydrogen-bond acceptors (Lipinski definition) is 3. The van der Waals surface area contributed by atoms with Gasteiger partial charge in [0, 0.05) is 12.7 Å². The molecule has 1 fully saturated rings. The number of carbonyl (C=O) groups excluding carboxylic acids is 1. The largest absolute Gasteiger partial charge is 0.299 e. The lowest BCUT2D eigenvalue weighted by atomic mass is 10.2. The van der Waals surface area contributed by atoms with Crippen molar-refractivity contribution >= 4 is 15.6 Å². The first kappa shape index (κ1) is 8.71. The fraction of sp³-hybridized carbons (Fsp3) is 0.857. The third-order valence-electron chi connectivity index (χ3n) is 1.64. The Hall–Kier alpha value is -0.380. The Bertz CT molecular complexity index is 249. The number of Topliss-reactive ketones (excluding diaryl/α,β-unsaturated/α-hetero) is 1. The molecular weight excluding hydrogens is 164 g/mol. The smallest absolute Gasteiger partial charge is 0.154 e. The molecule has 0 N–H and O–H groups in total. The van der Waals surface area contributed by atoms with Crippen LogP contribution < -0.4 is 0 Å². The topological polar surface area (TPSA) is 51.2 Å². The van der Waals surface area contributed by atoms with Crippen molar-refractivity contribution in [2.75, 3.05) is 12.0 Å². The third kappa shape index (κ3) is 4.14. The van der Waals surface area contributed by atoms with E-state index >= 15 is 0 Å².